The van der Waals surface area contributed by atoms with Gasteiger partial charge in [-0.3, -0.25) is 0 Å². The number of H-pyrrole nitrogens is 1. The van der Waals surface area contributed by atoms with Crippen molar-refractivity contribution in [3.8, 4) is 11.4 Å². The maximum Gasteiger partial charge on any atom is 0.216 e. The second-order valence-corrected chi connectivity index (χ2v) is 6.69. The zero-order valence-electron chi connectivity index (χ0n) is 11.8. The maximum atomic E-state index is 6.23. The molecule has 3 aromatic rings. The van der Waals surface area contributed by atoms with Crippen molar-refractivity contribution in [2.24, 2.45) is 5.10 Å². The molecule has 0 unspecified atom stereocenters. The van der Waals surface area contributed by atoms with E-state index in [9.17, 15) is 0 Å². The Hall–Kier alpha value is -1.37. The Labute approximate surface area is 162 Å². The fraction of sp³-hybridized carbons (Fsp3) is 0. The van der Waals surface area contributed by atoms with E-state index in [1.165, 1.54) is 4.68 Å². The van der Waals surface area contributed by atoms with Gasteiger partial charge in [-0.1, -0.05) is 58.5 Å². The van der Waals surface area contributed by atoms with Gasteiger partial charge in [-0.2, -0.15) is 14.9 Å². The van der Waals surface area contributed by atoms with Crippen LogP contribution in [0.1, 0.15) is 5.56 Å². The lowest BCUT2D eigenvalue weighted by Crippen LogP contribution is -1.96. The van der Waals surface area contributed by atoms with Crippen LogP contribution in [0, 0.1) is 4.77 Å². The normalized spacial score (nSPS) is 11.3. The van der Waals surface area contributed by atoms with Crippen molar-refractivity contribution < 1.29 is 0 Å². The van der Waals surface area contributed by atoms with E-state index in [0.717, 1.165) is 0 Å². The number of nitrogens with zero attached hydrogens (tertiary/aromatic N) is 3. The molecule has 0 fully saturated rings. The summed E-state index contributed by atoms with van der Waals surface area (Å²) in [5, 5.41) is 13.0. The van der Waals surface area contributed by atoms with E-state index < -0.39 is 0 Å². The van der Waals surface area contributed by atoms with Crippen LogP contribution >= 0.6 is 58.6 Å². The van der Waals surface area contributed by atoms with Crippen LogP contribution in [-0.2, 0) is 0 Å². The monoisotopic (exact) mass is 416 g/mol. The van der Waals surface area contributed by atoms with Gasteiger partial charge in [-0.15, -0.1) is 0 Å². The first-order chi connectivity index (χ1) is 11.5. The van der Waals surface area contributed by atoms with E-state index in [1.807, 2.05) is 0 Å². The zero-order valence-corrected chi connectivity index (χ0v) is 15.6. The number of nitrogens with one attached hydrogen (secondary N) is 1. The fourth-order valence-electron chi connectivity index (χ4n) is 1.98. The molecule has 0 amide bonds. The van der Waals surface area contributed by atoms with Crippen molar-refractivity contribution in [2.75, 3.05) is 0 Å². The molecule has 0 atom stereocenters. The molecule has 24 heavy (non-hydrogen) atoms. The summed E-state index contributed by atoms with van der Waals surface area (Å²) in [5.41, 5.74) is 1.29. The fourth-order valence-corrected chi connectivity index (χ4v) is 3.01. The highest BCUT2D eigenvalue weighted by atomic mass is 35.5. The Morgan fingerprint density at radius 2 is 1.88 bits per heavy atom. The van der Waals surface area contributed by atoms with Crippen LogP contribution in [0.2, 0.25) is 20.1 Å². The summed E-state index contributed by atoms with van der Waals surface area (Å²) in [6, 6.07) is 10.3. The quantitative estimate of drug-likeness (QED) is 0.413. The zero-order chi connectivity index (χ0) is 17.3. The minimum absolute atomic E-state index is 0.311. The molecule has 0 saturated carbocycles. The highest BCUT2D eigenvalue weighted by Gasteiger charge is 2.12. The molecule has 9 heteroatoms. The van der Waals surface area contributed by atoms with Gasteiger partial charge < -0.3 is 0 Å². The molecule has 0 radical (unpaired) electrons. The van der Waals surface area contributed by atoms with Crippen molar-refractivity contribution >= 4 is 64.8 Å². The first-order valence-corrected chi connectivity index (χ1v) is 8.50. The molecule has 0 saturated heterocycles. The molecule has 3 rings (SSSR count). The average Bonchev–Trinajstić information content (AvgIpc) is 2.90. The van der Waals surface area contributed by atoms with Crippen molar-refractivity contribution in [1.82, 2.24) is 14.9 Å². The largest absolute Gasteiger partial charge is 0.250 e. The summed E-state index contributed by atoms with van der Waals surface area (Å²) in [7, 11) is 0. The van der Waals surface area contributed by atoms with E-state index in [2.05, 4.69) is 15.3 Å². The predicted octanol–water partition coefficient (Wildman–Crippen LogP) is 6.10. The molecule has 4 nitrogen and oxygen atoms in total. The van der Waals surface area contributed by atoms with Gasteiger partial charge in [-0.05, 0) is 36.5 Å². The number of hydrogen-bond donors (Lipinski definition) is 1. The van der Waals surface area contributed by atoms with Crippen molar-refractivity contribution in [3.63, 3.8) is 0 Å². The molecule has 1 heterocycles. The molecule has 122 valence electrons. The standard InChI is InChI=1S/C15H8Cl4N4S/c16-9-4-5-10(12(18)6-9)14-21-22-15(24)23(14)20-7-8-2-1-3-11(17)13(8)19/h1-7H,(H,22,24)/b20-7+. The summed E-state index contributed by atoms with van der Waals surface area (Å²) in [4.78, 5) is 0. The first-order valence-electron chi connectivity index (χ1n) is 6.58. The number of halogens is 4. The van der Waals surface area contributed by atoms with E-state index in [-0.39, 0.29) is 0 Å². The van der Waals surface area contributed by atoms with Gasteiger partial charge in [0.05, 0.1) is 21.3 Å². The van der Waals surface area contributed by atoms with E-state index >= 15 is 0 Å². The van der Waals surface area contributed by atoms with Crippen LogP contribution in [0.5, 0.6) is 0 Å². The second kappa shape index (κ2) is 7.25. The van der Waals surface area contributed by atoms with Gasteiger partial charge in [0.15, 0.2) is 5.82 Å². The molecule has 0 aliphatic carbocycles. The Kier molecular flexibility index (Phi) is 5.27. The Morgan fingerprint density at radius 1 is 1.08 bits per heavy atom. The Bertz CT molecular complexity index is 993. The maximum absolute atomic E-state index is 6.23. The smallest absolute Gasteiger partial charge is 0.216 e. The molecule has 2 aromatic carbocycles. The van der Waals surface area contributed by atoms with Gasteiger partial charge in [0.25, 0.3) is 0 Å². The second-order valence-electron chi connectivity index (χ2n) is 4.68. The van der Waals surface area contributed by atoms with Crippen LogP contribution in [-0.4, -0.2) is 21.1 Å². The van der Waals surface area contributed by atoms with Crippen molar-refractivity contribution in [1.29, 1.82) is 0 Å². The minimum atomic E-state index is 0.311. The molecule has 0 spiro atoms. The summed E-state index contributed by atoms with van der Waals surface area (Å²) in [6.07, 6.45) is 1.55. The van der Waals surface area contributed by atoms with Gasteiger partial charge in [0.2, 0.25) is 4.77 Å². The number of rotatable bonds is 3. The lowest BCUT2D eigenvalue weighted by atomic mass is 10.2. The van der Waals surface area contributed by atoms with Crippen LogP contribution in [0.25, 0.3) is 11.4 Å². The van der Waals surface area contributed by atoms with E-state index in [4.69, 9.17) is 58.6 Å². The Morgan fingerprint density at radius 3 is 2.62 bits per heavy atom. The summed E-state index contributed by atoms with van der Waals surface area (Å²) < 4.78 is 1.76. The number of benzene rings is 2. The minimum Gasteiger partial charge on any atom is -0.250 e. The molecule has 0 aliphatic heterocycles. The van der Waals surface area contributed by atoms with Crippen LogP contribution < -0.4 is 0 Å². The van der Waals surface area contributed by atoms with Gasteiger partial charge >= 0.3 is 0 Å². The lowest BCUT2D eigenvalue weighted by molar-refractivity contribution is 0.871. The molecular weight excluding hydrogens is 410 g/mol. The first kappa shape index (κ1) is 17.5. The molecular formula is C15H8Cl4N4S. The summed E-state index contributed by atoms with van der Waals surface area (Å²) in [5.74, 6) is 0.455. The topological polar surface area (TPSA) is 46.0 Å². The molecule has 0 aliphatic rings. The highest BCUT2D eigenvalue weighted by molar-refractivity contribution is 7.71. The average molecular weight is 418 g/mol. The van der Waals surface area contributed by atoms with Crippen LogP contribution in [0.4, 0.5) is 0 Å². The number of hydrogen-bond acceptors (Lipinski definition) is 3. The van der Waals surface area contributed by atoms with E-state index in [0.29, 0.717) is 41.8 Å². The SMILES string of the molecule is S=c1[nH]nc(-c2ccc(Cl)cc2Cl)n1/N=C/c1cccc(Cl)c1Cl. The van der Waals surface area contributed by atoms with Crippen molar-refractivity contribution in [3.05, 3.63) is 66.8 Å². The van der Waals surface area contributed by atoms with Gasteiger partial charge in [0, 0.05) is 16.1 Å². The molecule has 1 N–H and O–H groups in total. The summed E-state index contributed by atoms with van der Waals surface area (Å²) in [6.45, 7) is 0. The van der Waals surface area contributed by atoms with Crippen LogP contribution in [0.3, 0.4) is 0 Å². The lowest BCUT2D eigenvalue weighted by Gasteiger charge is -2.04. The highest BCUT2D eigenvalue weighted by Crippen LogP contribution is 2.29. The van der Waals surface area contributed by atoms with Crippen molar-refractivity contribution in [2.45, 2.75) is 0 Å². The Balaban J connectivity index is 2.07. The molecule has 1 aromatic heterocycles. The van der Waals surface area contributed by atoms with Gasteiger partial charge in [-0.25, -0.2) is 5.10 Å². The summed E-state index contributed by atoms with van der Waals surface area (Å²) >= 11 is 29.5. The molecule has 0 bridgehead atoms. The number of aromatic amines is 1. The third kappa shape index (κ3) is 3.50. The van der Waals surface area contributed by atoms with Crippen LogP contribution in [0.15, 0.2) is 41.5 Å². The van der Waals surface area contributed by atoms with E-state index in [1.54, 1.807) is 42.6 Å². The third-order valence-electron chi connectivity index (χ3n) is 3.12. The van der Waals surface area contributed by atoms with Gasteiger partial charge in [0.1, 0.15) is 0 Å². The number of aromatic nitrogens is 3. The third-order valence-corrected chi connectivity index (χ3v) is 4.76. The predicted molar refractivity (Wildman–Crippen MR) is 102 cm³/mol.